The van der Waals surface area contributed by atoms with E-state index in [9.17, 15) is 4.79 Å². The minimum atomic E-state index is -1.99. The molecule has 2 aliphatic carbocycles. The first-order chi connectivity index (χ1) is 18.1. The molecule has 220 valence electrons. The van der Waals surface area contributed by atoms with Gasteiger partial charge in [-0.1, -0.05) is 39.8 Å². The summed E-state index contributed by atoms with van der Waals surface area (Å²) in [6.07, 6.45) is 11.6. The maximum Gasteiger partial charge on any atom is 0.192 e. The lowest BCUT2D eigenvalue weighted by Crippen LogP contribution is -2.47. The molecule has 0 radical (unpaired) electrons. The normalized spacial score (nSPS) is 30.2. The maximum atomic E-state index is 11.9. The van der Waals surface area contributed by atoms with Gasteiger partial charge in [0.05, 0.1) is 32.5 Å². The molecule has 8 heteroatoms. The summed E-state index contributed by atoms with van der Waals surface area (Å²) in [5.41, 5.74) is 0. The minimum Gasteiger partial charge on any atom is -0.414 e. The summed E-state index contributed by atoms with van der Waals surface area (Å²) in [7, 11) is -0.313. The molecule has 1 aliphatic heterocycles. The summed E-state index contributed by atoms with van der Waals surface area (Å²) >= 11 is 0. The second kappa shape index (κ2) is 14.9. The zero-order valence-corrected chi connectivity index (χ0v) is 26.0. The van der Waals surface area contributed by atoms with Gasteiger partial charge in [0.15, 0.2) is 14.6 Å². The third-order valence-electron chi connectivity index (χ3n) is 9.52. The van der Waals surface area contributed by atoms with Crippen molar-refractivity contribution in [1.82, 2.24) is 0 Å². The number of rotatable bonds is 15. The summed E-state index contributed by atoms with van der Waals surface area (Å²) in [4.78, 5) is 11.9. The van der Waals surface area contributed by atoms with E-state index in [1.54, 1.807) is 7.11 Å². The van der Waals surface area contributed by atoms with E-state index in [1.165, 1.54) is 0 Å². The van der Waals surface area contributed by atoms with E-state index in [2.05, 4.69) is 52.9 Å². The highest BCUT2D eigenvalue weighted by Gasteiger charge is 2.47. The smallest absolute Gasteiger partial charge is 0.192 e. The van der Waals surface area contributed by atoms with Gasteiger partial charge < -0.3 is 32.9 Å². The van der Waals surface area contributed by atoms with E-state index in [0.717, 1.165) is 38.4 Å². The van der Waals surface area contributed by atoms with Crippen molar-refractivity contribution in [3.05, 3.63) is 12.2 Å². The third kappa shape index (κ3) is 8.69. The van der Waals surface area contributed by atoms with Gasteiger partial charge in [0.1, 0.15) is 13.1 Å². The van der Waals surface area contributed by atoms with Crippen LogP contribution >= 0.6 is 0 Å². The van der Waals surface area contributed by atoms with Gasteiger partial charge in [-0.3, -0.25) is 0 Å². The molecule has 0 aromatic rings. The Bertz CT molecular complexity index is 731. The number of fused-ring (bicyclic) bond motifs is 1. The molecule has 0 unspecified atom stereocenters. The lowest BCUT2D eigenvalue weighted by molar-refractivity contribution is -0.109. The molecule has 0 bridgehead atoms. The summed E-state index contributed by atoms with van der Waals surface area (Å²) in [5.74, 6) is 1.66. The standard InChI is InChI=1S/C30H54O7Si/c1-22(8-13-29-34-18-19-35-29)24(14-15-31)23-9-10-25-26(11-12-27(25)36-21-33-17-16-32-5)28(20-23)37-38(6,7)30(2,3)4/h9-10,15,22-29H,8,11-14,16-21H2,1-7H3/t22-,23+,24+,25+,26+,27-,28-/m0/s1. The Morgan fingerprint density at radius 3 is 2.47 bits per heavy atom. The lowest BCUT2D eigenvalue weighted by Gasteiger charge is -2.42. The molecule has 3 aliphatic rings. The summed E-state index contributed by atoms with van der Waals surface area (Å²) in [6, 6.07) is 0. The average Bonchev–Trinajstić information content (AvgIpc) is 3.49. The molecule has 38 heavy (non-hydrogen) atoms. The Morgan fingerprint density at radius 2 is 1.82 bits per heavy atom. The first kappa shape index (κ1) is 31.9. The molecule has 1 saturated carbocycles. The van der Waals surface area contributed by atoms with E-state index >= 15 is 0 Å². The van der Waals surface area contributed by atoms with Gasteiger partial charge in [-0.2, -0.15) is 0 Å². The van der Waals surface area contributed by atoms with E-state index in [1.807, 2.05) is 0 Å². The molecule has 2 fully saturated rings. The van der Waals surface area contributed by atoms with Gasteiger partial charge in [0, 0.05) is 25.6 Å². The van der Waals surface area contributed by atoms with Crippen LogP contribution < -0.4 is 0 Å². The molecule has 0 spiro atoms. The van der Waals surface area contributed by atoms with Crippen molar-refractivity contribution in [2.75, 3.05) is 40.3 Å². The monoisotopic (exact) mass is 554 g/mol. The van der Waals surface area contributed by atoms with Crippen LogP contribution in [0, 0.1) is 29.6 Å². The van der Waals surface area contributed by atoms with Gasteiger partial charge >= 0.3 is 0 Å². The first-order valence-corrected chi connectivity index (χ1v) is 17.7. The van der Waals surface area contributed by atoms with Crippen molar-refractivity contribution in [3.63, 3.8) is 0 Å². The fourth-order valence-electron chi connectivity index (χ4n) is 6.18. The largest absolute Gasteiger partial charge is 0.414 e. The van der Waals surface area contributed by atoms with Crippen molar-refractivity contribution in [1.29, 1.82) is 0 Å². The number of methoxy groups -OCH3 is 1. The van der Waals surface area contributed by atoms with Gasteiger partial charge in [-0.25, -0.2) is 0 Å². The predicted molar refractivity (Wildman–Crippen MR) is 151 cm³/mol. The second-order valence-corrected chi connectivity index (χ2v) is 17.8. The Balaban J connectivity index is 1.77. The summed E-state index contributed by atoms with van der Waals surface area (Å²) in [6.45, 7) is 16.7. The molecule has 1 saturated heterocycles. The highest BCUT2D eigenvalue weighted by atomic mass is 28.4. The van der Waals surface area contributed by atoms with E-state index in [0.29, 0.717) is 63.3 Å². The number of aldehydes is 1. The summed E-state index contributed by atoms with van der Waals surface area (Å²) < 4.78 is 35.5. The van der Waals surface area contributed by atoms with Crippen LogP contribution in [0.25, 0.3) is 0 Å². The number of hydrogen-bond donors (Lipinski definition) is 0. The molecular weight excluding hydrogens is 500 g/mol. The van der Waals surface area contributed by atoms with Crippen molar-refractivity contribution in [2.45, 2.75) is 103 Å². The van der Waals surface area contributed by atoms with Crippen LogP contribution in [-0.4, -0.2) is 73.4 Å². The van der Waals surface area contributed by atoms with E-state index < -0.39 is 8.32 Å². The number of hydrogen-bond acceptors (Lipinski definition) is 7. The van der Waals surface area contributed by atoms with Gasteiger partial charge in [-0.15, -0.1) is 0 Å². The molecular formula is C30H54O7Si. The first-order valence-electron chi connectivity index (χ1n) is 14.8. The van der Waals surface area contributed by atoms with E-state index in [-0.39, 0.29) is 29.5 Å². The molecule has 0 N–H and O–H groups in total. The highest BCUT2D eigenvalue weighted by molar-refractivity contribution is 6.74. The van der Waals surface area contributed by atoms with Crippen molar-refractivity contribution in [3.8, 4) is 0 Å². The van der Waals surface area contributed by atoms with E-state index in [4.69, 9.17) is 28.1 Å². The Hall–Kier alpha value is -0.613. The van der Waals surface area contributed by atoms with Crippen molar-refractivity contribution >= 4 is 14.6 Å². The SMILES string of the molecule is COCCOCO[C@H]1CC[C@@H]2[C@H]1C=C[C@@H]([C@H](CC=O)[C@@H](C)CCC1OCCO1)C[C@@H]2O[Si](C)(C)C(C)(C)C. The number of carbonyl (C=O) groups is 1. The fourth-order valence-corrected chi connectivity index (χ4v) is 7.56. The predicted octanol–water partition coefficient (Wildman–Crippen LogP) is 5.98. The maximum absolute atomic E-state index is 11.9. The number of carbonyl (C=O) groups excluding carboxylic acids is 1. The number of allylic oxidation sites excluding steroid dienone is 1. The zero-order valence-electron chi connectivity index (χ0n) is 25.0. The second-order valence-electron chi connectivity index (χ2n) is 13.0. The lowest BCUT2D eigenvalue weighted by atomic mass is 9.75. The Kier molecular flexibility index (Phi) is 12.5. The molecule has 0 amide bonds. The molecule has 0 aromatic carbocycles. The average molecular weight is 555 g/mol. The molecule has 3 rings (SSSR count). The number of ether oxygens (including phenoxy) is 5. The molecule has 7 nitrogen and oxygen atoms in total. The molecule has 0 aromatic heterocycles. The van der Waals surface area contributed by atoms with Crippen LogP contribution in [0.1, 0.15) is 66.2 Å². The molecule has 1 heterocycles. The highest BCUT2D eigenvalue weighted by Crippen LogP contribution is 2.48. The third-order valence-corrected chi connectivity index (χ3v) is 14.0. The van der Waals surface area contributed by atoms with Crippen LogP contribution in [0.4, 0.5) is 0 Å². The molecule has 7 atom stereocenters. The Labute approximate surface area is 232 Å². The quantitative estimate of drug-likeness (QED) is 0.0811. The van der Waals surface area contributed by atoms with Gasteiger partial charge in [-0.05, 0) is 73.9 Å². The van der Waals surface area contributed by atoms with Crippen LogP contribution in [0.2, 0.25) is 18.1 Å². The zero-order chi connectivity index (χ0) is 27.8. The van der Waals surface area contributed by atoms with Crippen molar-refractivity contribution < 1.29 is 32.9 Å². The van der Waals surface area contributed by atoms with Gasteiger partial charge in [0.2, 0.25) is 0 Å². The Morgan fingerprint density at radius 1 is 1.08 bits per heavy atom. The van der Waals surface area contributed by atoms with Crippen molar-refractivity contribution in [2.24, 2.45) is 29.6 Å². The minimum absolute atomic E-state index is 0.1000. The van der Waals surface area contributed by atoms with Crippen LogP contribution in [0.5, 0.6) is 0 Å². The summed E-state index contributed by atoms with van der Waals surface area (Å²) in [5, 5.41) is 0.137. The van der Waals surface area contributed by atoms with Crippen LogP contribution in [0.15, 0.2) is 12.2 Å². The van der Waals surface area contributed by atoms with Gasteiger partial charge in [0.25, 0.3) is 0 Å². The topological polar surface area (TPSA) is 72.5 Å². The fraction of sp³-hybridized carbons (Fsp3) is 0.900. The van der Waals surface area contributed by atoms with Crippen LogP contribution in [0.3, 0.4) is 0 Å². The van der Waals surface area contributed by atoms with Crippen LogP contribution in [-0.2, 0) is 32.9 Å².